The van der Waals surface area contributed by atoms with E-state index < -0.39 is 29.6 Å². The number of carbonyl (C=O) groups is 4. The summed E-state index contributed by atoms with van der Waals surface area (Å²) in [5.74, 6) is -2.02. The van der Waals surface area contributed by atoms with E-state index in [0.717, 1.165) is 0 Å². The van der Waals surface area contributed by atoms with Crippen molar-refractivity contribution in [3.63, 3.8) is 0 Å². The molecule has 0 aromatic heterocycles. The summed E-state index contributed by atoms with van der Waals surface area (Å²) in [6, 6.07) is 4.54. The molecule has 1 heterocycles. The Morgan fingerprint density at radius 2 is 1.64 bits per heavy atom. The van der Waals surface area contributed by atoms with E-state index in [1.807, 2.05) is 0 Å². The third-order valence-corrected chi connectivity index (χ3v) is 4.33. The van der Waals surface area contributed by atoms with Gasteiger partial charge >= 0.3 is 18.0 Å². The normalized spacial score (nSPS) is 17.1. The summed E-state index contributed by atoms with van der Waals surface area (Å²) in [4.78, 5) is 50.1. The van der Waals surface area contributed by atoms with Crippen molar-refractivity contribution >= 4 is 23.8 Å². The molecular formula is C20H25NO7. The number of hydrogen-bond donors (Lipinski definition) is 0. The molecule has 1 aromatic carbocycles. The molecule has 2 rings (SSSR count). The van der Waals surface area contributed by atoms with Crippen LogP contribution in [0.4, 0.5) is 4.79 Å². The van der Waals surface area contributed by atoms with E-state index >= 15 is 0 Å². The lowest BCUT2D eigenvalue weighted by atomic mass is 9.86. The van der Waals surface area contributed by atoms with Gasteiger partial charge in [-0.25, -0.2) is 14.4 Å². The molecule has 0 aliphatic carbocycles. The van der Waals surface area contributed by atoms with Gasteiger partial charge in [-0.15, -0.1) is 0 Å². The average Bonchev–Trinajstić information content (AvgIpc) is 2.64. The van der Waals surface area contributed by atoms with E-state index in [-0.39, 0.29) is 23.5 Å². The molecule has 1 saturated heterocycles. The zero-order valence-electron chi connectivity index (χ0n) is 16.7. The third kappa shape index (κ3) is 4.88. The number of Topliss-reactive ketones (excluding diaryl/α,β-unsaturated/α-hetero) is 1. The summed E-state index contributed by atoms with van der Waals surface area (Å²) < 4.78 is 14.7. The number of methoxy groups -OCH3 is 2. The highest BCUT2D eigenvalue weighted by molar-refractivity contribution is 6.03. The zero-order chi connectivity index (χ0) is 21.1. The van der Waals surface area contributed by atoms with Gasteiger partial charge in [-0.05, 0) is 44.9 Å². The fourth-order valence-corrected chi connectivity index (χ4v) is 3.00. The van der Waals surface area contributed by atoms with Gasteiger partial charge in [0, 0.05) is 12.5 Å². The van der Waals surface area contributed by atoms with E-state index in [1.54, 1.807) is 26.8 Å². The maximum atomic E-state index is 12.6. The van der Waals surface area contributed by atoms with Crippen LogP contribution in [-0.2, 0) is 19.0 Å². The van der Waals surface area contributed by atoms with Crippen molar-refractivity contribution in [2.24, 2.45) is 0 Å². The summed E-state index contributed by atoms with van der Waals surface area (Å²) in [5.41, 5.74) is 0.0451. The van der Waals surface area contributed by atoms with Gasteiger partial charge in [0.25, 0.3) is 0 Å². The SMILES string of the molecule is COC(=O)c1ccc(C2CCN(C(=O)OC(C)(C)C)CC2=O)cc1C(=O)OC. The maximum Gasteiger partial charge on any atom is 0.410 e. The number of hydrogen-bond acceptors (Lipinski definition) is 7. The number of ether oxygens (including phenoxy) is 3. The molecule has 28 heavy (non-hydrogen) atoms. The van der Waals surface area contributed by atoms with Crippen LogP contribution in [-0.4, -0.2) is 61.6 Å². The number of rotatable bonds is 3. The van der Waals surface area contributed by atoms with Crippen molar-refractivity contribution in [1.82, 2.24) is 4.90 Å². The second-order valence-electron chi connectivity index (χ2n) is 7.50. The highest BCUT2D eigenvalue weighted by atomic mass is 16.6. The summed E-state index contributed by atoms with van der Waals surface area (Å²) in [6.07, 6.45) is -0.147. The quantitative estimate of drug-likeness (QED) is 0.577. The maximum absolute atomic E-state index is 12.6. The highest BCUT2D eigenvalue weighted by Gasteiger charge is 2.33. The predicted molar refractivity (Wildman–Crippen MR) is 99.3 cm³/mol. The van der Waals surface area contributed by atoms with E-state index in [1.165, 1.54) is 31.3 Å². The molecule has 0 saturated carbocycles. The highest BCUT2D eigenvalue weighted by Crippen LogP contribution is 2.28. The lowest BCUT2D eigenvalue weighted by Gasteiger charge is -2.32. The van der Waals surface area contributed by atoms with Gasteiger partial charge in [0.15, 0.2) is 5.78 Å². The molecule has 1 aliphatic rings. The van der Waals surface area contributed by atoms with Crippen LogP contribution < -0.4 is 0 Å². The smallest absolute Gasteiger partial charge is 0.410 e. The minimum absolute atomic E-state index is 0.0363. The third-order valence-electron chi connectivity index (χ3n) is 4.33. The van der Waals surface area contributed by atoms with Crippen molar-refractivity contribution in [3.8, 4) is 0 Å². The first kappa shape index (κ1) is 21.4. The number of benzene rings is 1. The Labute approximate surface area is 163 Å². The molecule has 0 spiro atoms. The first-order chi connectivity index (χ1) is 13.1. The van der Waals surface area contributed by atoms with E-state index in [9.17, 15) is 19.2 Å². The van der Waals surface area contributed by atoms with Crippen molar-refractivity contribution in [1.29, 1.82) is 0 Å². The van der Waals surface area contributed by atoms with Gasteiger partial charge in [0.2, 0.25) is 0 Å². The van der Waals surface area contributed by atoms with Crippen molar-refractivity contribution < 1.29 is 33.4 Å². The number of ketones is 1. The fraction of sp³-hybridized carbons (Fsp3) is 0.500. The molecule has 1 amide bonds. The predicted octanol–water partition coefficient (Wildman–Crippen LogP) is 2.55. The monoisotopic (exact) mass is 391 g/mol. The Morgan fingerprint density at radius 1 is 1.04 bits per heavy atom. The Hall–Kier alpha value is -2.90. The van der Waals surface area contributed by atoms with Gasteiger partial charge in [-0.3, -0.25) is 4.79 Å². The Kier molecular flexibility index (Phi) is 6.43. The summed E-state index contributed by atoms with van der Waals surface area (Å²) in [6.45, 7) is 5.55. The lowest BCUT2D eigenvalue weighted by Crippen LogP contribution is -2.45. The van der Waals surface area contributed by atoms with Crippen molar-refractivity contribution in [3.05, 3.63) is 34.9 Å². The fourth-order valence-electron chi connectivity index (χ4n) is 3.00. The summed E-state index contributed by atoms with van der Waals surface area (Å²) in [5, 5.41) is 0. The van der Waals surface area contributed by atoms with Crippen LogP contribution in [0.2, 0.25) is 0 Å². The van der Waals surface area contributed by atoms with Gasteiger partial charge in [0.1, 0.15) is 5.60 Å². The lowest BCUT2D eigenvalue weighted by molar-refractivity contribution is -0.123. The van der Waals surface area contributed by atoms with Crippen LogP contribution in [0.25, 0.3) is 0 Å². The Morgan fingerprint density at radius 3 is 2.18 bits per heavy atom. The summed E-state index contributed by atoms with van der Waals surface area (Å²) >= 11 is 0. The van der Waals surface area contributed by atoms with Crippen molar-refractivity contribution in [2.45, 2.75) is 38.7 Å². The van der Waals surface area contributed by atoms with Crippen LogP contribution >= 0.6 is 0 Å². The molecule has 8 nitrogen and oxygen atoms in total. The number of amides is 1. The molecule has 0 radical (unpaired) electrons. The first-order valence-electron chi connectivity index (χ1n) is 8.88. The minimum atomic E-state index is -0.694. The Balaban J connectivity index is 2.22. The van der Waals surface area contributed by atoms with Gasteiger partial charge < -0.3 is 19.1 Å². The molecule has 1 unspecified atom stereocenters. The minimum Gasteiger partial charge on any atom is -0.465 e. The molecule has 8 heteroatoms. The Bertz CT molecular complexity index is 794. The number of nitrogens with zero attached hydrogens (tertiary/aromatic N) is 1. The number of likely N-dealkylation sites (tertiary alicyclic amines) is 1. The largest absolute Gasteiger partial charge is 0.465 e. The number of piperidine rings is 1. The average molecular weight is 391 g/mol. The van der Waals surface area contributed by atoms with E-state index in [4.69, 9.17) is 9.47 Å². The molecule has 1 aromatic rings. The molecule has 0 bridgehead atoms. The van der Waals surface area contributed by atoms with Crippen LogP contribution in [0.5, 0.6) is 0 Å². The standard InChI is InChI=1S/C20H25NO7/c1-20(2,3)28-19(25)21-9-8-13(16(22)11-21)12-6-7-14(17(23)26-4)15(10-12)18(24)27-5/h6-7,10,13H,8-9,11H2,1-5H3. The van der Waals surface area contributed by atoms with Gasteiger partial charge in [-0.1, -0.05) is 6.07 Å². The molecule has 1 fully saturated rings. The zero-order valence-corrected chi connectivity index (χ0v) is 16.7. The van der Waals surface area contributed by atoms with E-state index in [0.29, 0.717) is 18.5 Å². The molecule has 152 valence electrons. The van der Waals surface area contributed by atoms with Crippen LogP contribution in [0.3, 0.4) is 0 Å². The second kappa shape index (κ2) is 8.41. The van der Waals surface area contributed by atoms with Crippen molar-refractivity contribution in [2.75, 3.05) is 27.3 Å². The van der Waals surface area contributed by atoms with Gasteiger partial charge in [0.05, 0.1) is 31.9 Å². The number of carbonyl (C=O) groups excluding carboxylic acids is 4. The van der Waals surface area contributed by atoms with Crippen LogP contribution in [0, 0.1) is 0 Å². The van der Waals surface area contributed by atoms with Crippen LogP contribution in [0.15, 0.2) is 18.2 Å². The molecule has 0 N–H and O–H groups in total. The topological polar surface area (TPSA) is 99.2 Å². The molecular weight excluding hydrogens is 366 g/mol. The van der Waals surface area contributed by atoms with Gasteiger partial charge in [-0.2, -0.15) is 0 Å². The molecule has 1 aliphatic heterocycles. The second-order valence-corrected chi connectivity index (χ2v) is 7.50. The molecule has 1 atom stereocenters. The van der Waals surface area contributed by atoms with E-state index in [2.05, 4.69) is 4.74 Å². The summed E-state index contributed by atoms with van der Waals surface area (Å²) in [7, 11) is 2.42. The number of esters is 2. The first-order valence-corrected chi connectivity index (χ1v) is 8.88. The van der Waals surface area contributed by atoms with Crippen LogP contribution in [0.1, 0.15) is 59.4 Å².